The summed E-state index contributed by atoms with van der Waals surface area (Å²) in [4.78, 5) is 0. The van der Waals surface area contributed by atoms with Crippen LogP contribution in [0.3, 0.4) is 0 Å². The van der Waals surface area contributed by atoms with E-state index in [1.54, 1.807) is 0 Å². The van der Waals surface area contributed by atoms with Crippen LogP contribution in [0.25, 0.3) is 0 Å². The minimum Gasteiger partial charge on any atom is -0.304 e. The summed E-state index contributed by atoms with van der Waals surface area (Å²) < 4.78 is 344. The van der Waals surface area contributed by atoms with Crippen molar-refractivity contribution in [1.29, 1.82) is 0 Å². The Labute approximate surface area is 235 Å². The van der Waals surface area contributed by atoms with Crippen LogP contribution in [-0.4, -0.2) is 79.9 Å². The summed E-state index contributed by atoms with van der Waals surface area (Å²) in [6.07, 6.45) is -81.6. The van der Waals surface area contributed by atoms with Crippen LogP contribution in [0.2, 0.25) is 0 Å². The van der Waals surface area contributed by atoms with Crippen molar-refractivity contribution >= 4 is 29.3 Å². The first kappa shape index (κ1) is 43.8. The number of halogens is 28. The Morgan fingerprint density at radius 3 is 0.578 bits per heavy atom. The summed E-state index contributed by atoms with van der Waals surface area (Å²) in [6.45, 7) is 0. The topological polar surface area (TPSA) is 36.9 Å². The molecule has 0 radical (unpaired) electrons. The Kier molecular flexibility index (Phi) is 11.2. The third-order valence-corrected chi connectivity index (χ3v) is 6.04. The lowest BCUT2D eigenvalue weighted by Crippen LogP contribution is -2.72. The van der Waals surface area contributed by atoms with Gasteiger partial charge in [0.15, 0.2) is 0 Å². The van der Waals surface area contributed by atoms with Gasteiger partial charge in [-0.2, -0.15) is 114 Å². The van der Waals surface area contributed by atoms with Gasteiger partial charge >= 0.3 is 79.9 Å². The maximum atomic E-state index is 13.7. The molecule has 0 aliphatic carbocycles. The number of ether oxygens (including phenoxy) is 2. The van der Waals surface area contributed by atoms with Crippen LogP contribution in [0.15, 0.2) is 0 Å². The molecule has 0 saturated heterocycles. The molecule has 4 nitrogen and oxygen atoms in total. The van der Waals surface area contributed by atoms with Gasteiger partial charge in [-0.15, -0.1) is 0 Å². The first-order chi connectivity index (χ1) is 18.8. The SMILES string of the molecule is FC(F)(F)C(OC(F)(F)C(F)(F)O[Si](Cl)(Cl)OC(F)(F)C(F)(F)OC(C(F)(F)F)(C(F)(F)F)C(F)(F)F)(C(F)(F)F)C(F)(F)F. The van der Waals surface area contributed by atoms with Crippen LogP contribution in [0.5, 0.6) is 0 Å². The van der Waals surface area contributed by atoms with Gasteiger partial charge in [0.05, 0.1) is 0 Å². The van der Waals surface area contributed by atoms with Crippen LogP contribution in [0, 0.1) is 0 Å². The predicted octanol–water partition coefficient (Wildman–Crippen LogP) is 9.19. The molecule has 33 heteroatoms. The van der Waals surface area contributed by atoms with Crippen molar-refractivity contribution in [2.24, 2.45) is 0 Å². The summed E-state index contributed by atoms with van der Waals surface area (Å²) in [5.41, 5.74) is -16.7. The molecule has 0 heterocycles. The first-order valence-corrected chi connectivity index (χ1v) is 12.8. The van der Waals surface area contributed by atoms with Gasteiger partial charge in [-0.25, -0.2) is 0 Å². The normalized spacial score (nSPS) is 16.8. The largest absolute Gasteiger partial charge is 0.560 e. The molecule has 0 atom stereocenters. The zero-order valence-corrected chi connectivity index (χ0v) is 21.2. The predicted molar refractivity (Wildman–Crippen MR) is 83.4 cm³/mol. The Morgan fingerprint density at radius 2 is 0.444 bits per heavy atom. The van der Waals surface area contributed by atoms with E-state index in [4.69, 9.17) is 0 Å². The fourth-order valence-corrected chi connectivity index (χ4v) is 4.29. The molecule has 0 fully saturated rings. The summed E-state index contributed by atoms with van der Waals surface area (Å²) in [5, 5.41) is 0. The summed E-state index contributed by atoms with van der Waals surface area (Å²) in [7, 11) is -7.98. The molecular weight excluding hydrogens is 801 g/mol. The number of rotatable bonds is 10. The second-order valence-electron chi connectivity index (χ2n) is 7.29. The van der Waals surface area contributed by atoms with Crippen LogP contribution in [0.4, 0.5) is 114 Å². The van der Waals surface area contributed by atoms with Crippen molar-refractivity contribution in [3.05, 3.63) is 0 Å². The molecule has 0 N–H and O–H groups in total. The van der Waals surface area contributed by atoms with Crippen LogP contribution in [-0.2, 0) is 18.3 Å². The highest BCUT2D eigenvalue weighted by molar-refractivity contribution is 7.39. The van der Waals surface area contributed by atoms with E-state index in [1.807, 2.05) is 8.85 Å². The molecule has 272 valence electrons. The molecular formula is C12Cl2F26O4Si. The highest BCUT2D eigenvalue weighted by Crippen LogP contribution is 2.60. The van der Waals surface area contributed by atoms with Crippen LogP contribution < -0.4 is 0 Å². The van der Waals surface area contributed by atoms with E-state index < -0.39 is 79.9 Å². The van der Waals surface area contributed by atoms with Crippen molar-refractivity contribution in [3.63, 3.8) is 0 Å². The summed E-state index contributed by atoms with van der Waals surface area (Å²) in [5.74, 6) is 0. The first-order valence-electron chi connectivity index (χ1n) is 8.92. The summed E-state index contributed by atoms with van der Waals surface area (Å²) in [6, 6.07) is 0. The van der Waals surface area contributed by atoms with Gasteiger partial charge in [-0.1, -0.05) is 22.2 Å². The van der Waals surface area contributed by atoms with E-state index in [0.717, 1.165) is 0 Å². The quantitative estimate of drug-likeness (QED) is 0.126. The minimum atomic E-state index is -8.37. The smallest absolute Gasteiger partial charge is 0.304 e. The lowest BCUT2D eigenvalue weighted by atomic mass is 10.0. The van der Waals surface area contributed by atoms with Gasteiger partial charge in [0.2, 0.25) is 0 Å². The maximum absolute atomic E-state index is 13.7. The van der Waals surface area contributed by atoms with Crippen molar-refractivity contribution in [2.75, 3.05) is 0 Å². The third kappa shape index (κ3) is 7.93. The second-order valence-corrected chi connectivity index (χ2v) is 12.2. The van der Waals surface area contributed by atoms with Crippen LogP contribution >= 0.6 is 22.2 Å². The van der Waals surface area contributed by atoms with Crippen molar-refractivity contribution < 1.29 is 132 Å². The average molecular weight is 801 g/mol. The second kappa shape index (κ2) is 11.5. The van der Waals surface area contributed by atoms with Crippen molar-refractivity contribution in [2.45, 2.75) is 72.7 Å². The molecule has 0 unspecified atom stereocenters. The van der Waals surface area contributed by atoms with E-state index in [0.29, 0.717) is 0 Å². The average Bonchev–Trinajstić information content (AvgIpc) is 2.62. The third-order valence-electron chi connectivity index (χ3n) is 4.13. The van der Waals surface area contributed by atoms with Crippen LogP contribution in [0.1, 0.15) is 0 Å². The summed E-state index contributed by atoms with van der Waals surface area (Å²) >= 11 is 8.38. The van der Waals surface area contributed by atoms with E-state index in [9.17, 15) is 114 Å². The molecule has 0 amide bonds. The zero-order chi connectivity index (χ0) is 37.3. The van der Waals surface area contributed by atoms with E-state index in [-0.39, 0.29) is 0 Å². The van der Waals surface area contributed by atoms with Crippen molar-refractivity contribution in [1.82, 2.24) is 0 Å². The van der Waals surface area contributed by atoms with Gasteiger partial charge in [-0.05, 0) is 0 Å². The highest BCUT2D eigenvalue weighted by Gasteiger charge is 2.91. The molecule has 0 saturated carbocycles. The lowest BCUT2D eigenvalue weighted by Gasteiger charge is -2.42. The molecule has 0 aromatic carbocycles. The molecule has 0 bridgehead atoms. The van der Waals surface area contributed by atoms with Gasteiger partial charge in [0.25, 0.3) is 0 Å². The van der Waals surface area contributed by atoms with Gasteiger partial charge < -0.3 is 8.85 Å². The highest BCUT2D eigenvalue weighted by atomic mass is 35.7. The minimum absolute atomic E-state index is 1.24. The Balaban J connectivity index is 6.84. The molecule has 0 aromatic rings. The number of hydrogen-bond acceptors (Lipinski definition) is 4. The standard InChI is InChI=1S/C12Cl2F26O4Si/c13-45(14,43-11(37,38)9(33,34)41-1(3(15,16)17,4(18,19)20)5(21,22)23)44-12(39,40)10(35,36)42-2(6(24,25)26,7(27,28)29)8(30,31)32. The lowest BCUT2D eigenvalue weighted by molar-refractivity contribution is -0.536. The van der Waals surface area contributed by atoms with E-state index >= 15 is 0 Å². The number of hydrogen-bond donors (Lipinski definition) is 0. The van der Waals surface area contributed by atoms with Gasteiger partial charge in [0, 0.05) is 0 Å². The van der Waals surface area contributed by atoms with E-state index in [2.05, 4.69) is 22.2 Å². The molecule has 0 aliphatic heterocycles. The molecule has 0 rings (SSSR count). The molecule has 0 aliphatic rings. The zero-order valence-electron chi connectivity index (χ0n) is 18.7. The Hall–Kier alpha value is -1.18. The monoisotopic (exact) mass is 800 g/mol. The molecule has 45 heavy (non-hydrogen) atoms. The number of alkyl halides is 26. The maximum Gasteiger partial charge on any atom is 0.560 e. The fourth-order valence-electron chi connectivity index (χ4n) is 2.25. The molecule has 0 aromatic heterocycles. The van der Waals surface area contributed by atoms with E-state index in [1.165, 1.54) is 9.47 Å². The Morgan fingerprint density at radius 1 is 0.289 bits per heavy atom. The van der Waals surface area contributed by atoms with Gasteiger partial charge in [-0.3, -0.25) is 9.47 Å². The van der Waals surface area contributed by atoms with Gasteiger partial charge in [0.1, 0.15) is 0 Å². The molecule has 0 spiro atoms. The Bertz CT molecular complexity index is 881. The van der Waals surface area contributed by atoms with Crippen molar-refractivity contribution in [3.8, 4) is 0 Å². The fraction of sp³-hybridized carbons (Fsp3) is 1.00.